The maximum Gasteiger partial charge on any atom is 0.254 e. The lowest BCUT2D eigenvalue weighted by Gasteiger charge is -2.33. The molecular formula is C28H39N5O3. The van der Waals surface area contributed by atoms with Crippen LogP contribution in [-0.2, 0) is 0 Å². The molecule has 1 saturated heterocycles. The Balaban J connectivity index is 1.51. The Morgan fingerprint density at radius 1 is 1.14 bits per heavy atom. The lowest BCUT2D eigenvalue weighted by Crippen LogP contribution is -2.39. The van der Waals surface area contributed by atoms with E-state index in [1.54, 1.807) is 10.7 Å². The molecule has 1 N–H and O–H groups in total. The van der Waals surface area contributed by atoms with Gasteiger partial charge in [-0.05, 0) is 78.1 Å². The Hall–Kier alpha value is -3.13. The van der Waals surface area contributed by atoms with E-state index in [-0.39, 0.29) is 5.91 Å². The first-order valence-corrected chi connectivity index (χ1v) is 13.2. The molecule has 0 saturated carbocycles. The molecule has 1 aliphatic rings. The van der Waals surface area contributed by atoms with Crippen LogP contribution in [0.4, 0.5) is 0 Å². The summed E-state index contributed by atoms with van der Waals surface area (Å²) >= 11 is 0. The molecule has 1 fully saturated rings. The molecular weight excluding hydrogens is 454 g/mol. The number of hydrogen-bond acceptors (Lipinski definition) is 6. The number of amides is 1. The van der Waals surface area contributed by atoms with Crippen LogP contribution in [0.3, 0.4) is 0 Å². The van der Waals surface area contributed by atoms with Gasteiger partial charge in [0.25, 0.3) is 5.91 Å². The largest absolute Gasteiger partial charge is 0.490 e. The molecule has 1 amide bonds. The highest BCUT2D eigenvalue weighted by Gasteiger charge is 2.21. The summed E-state index contributed by atoms with van der Waals surface area (Å²) in [5.74, 6) is 1.31. The lowest BCUT2D eigenvalue weighted by molar-refractivity contribution is 0.0947. The molecule has 194 valence electrons. The molecule has 4 rings (SSSR count). The second-order valence-electron chi connectivity index (χ2n) is 9.47. The Morgan fingerprint density at radius 2 is 1.92 bits per heavy atom. The quantitative estimate of drug-likeness (QED) is 0.409. The van der Waals surface area contributed by atoms with E-state index in [4.69, 9.17) is 14.6 Å². The van der Waals surface area contributed by atoms with E-state index in [2.05, 4.69) is 22.1 Å². The van der Waals surface area contributed by atoms with Crippen molar-refractivity contribution in [1.82, 2.24) is 24.8 Å². The number of hydrogen-bond donors (Lipinski definition) is 1. The number of nitrogens with zero attached hydrogens (tertiary/aromatic N) is 4. The van der Waals surface area contributed by atoms with E-state index in [1.165, 1.54) is 19.3 Å². The van der Waals surface area contributed by atoms with Gasteiger partial charge in [-0.2, -0.15) is 5.10 Å². The third kappa shape index (κ3) is 5.48. The molecule has 36 heavy (non-hydrogen) atoms. The van der Waals surface area contributed by atoms with E-state index in [9.17, 15) is 4.79 Å². The number of carbonyl (C=O) groups excluding carboxylic acids is 1. The number of rotatable bonds is 10. The summed E-state index contributed by atoms with van der Waals surface area (Å²) < 4.78 is 13.3. The van der Waals surface area contributed by atoms with E-state index < -0.39 is 0 Å². The van der Waals surface area contributed by atoms with Crippen molar-refractivity contribution in [2.75, 3.05) is 32.8 Å². The minimum Gasteiger partial charge on any atom is -0.490 e. The van der Waals surface area contributed by atoms with Crippen LogP contribution in [0.2, 0.25) is 0 Å². The number of aryl methyl sites for hydroxylation is 2. The van der Waals surface area contributed by atoms with Crippen LogP contribution >= 0.6 is 0 Å². The summed E-state index contributed by atoms with van der Waals surface area (Å²) in [4.78, 5) is 20.2. The van der Waals surface area contributed by atoms with Gasteiger partial charge in [-0.1, -0.05) is 12.5 Å². The molecule has 3 heterocycles. The van der Waals surface area contributed by atoms with Crippen molar-refractivity contribution in [3.8, 4) is 22.6 Å². The van der Waals surface area contributed by atoms with Gasteiger partial charge in [-0.3, -0.25) is 4.79 Å². The van der Waals surface area contributed by atoms with E-state index >= 15 is 0 Å². The van der Waals surface area contributed by atoms with E-state index in [0.717, 1.165) is 47.8 Å². The number of aromatic nitrogens is 3. The van der Waals surface area contributed by atoms with Crippen molar-refractivity contribution in [2.24, 2.45) is 0 Å². The Morgan fingerprint density at radius 3 is 2.67 bits per heavy atom. The second kappa shape index (κ2) is 11.7. The monoisotopic (exact) mass is 493 g/mol. The third-order valence-electron chi connectivity index (χ3n) is 6.98. The maximum atomic E-state index is 13.0. The van der Waals surface area contributed by atoms with Crippen molar-refractivity contribution in [3.05, 3.63) is 41.3 Å². The van der Waals surface area contributed by atoms with Crippen LogP contribution in [0.25, 0.3) is 16.8 Å². The molecule has 1 atom stereocenters. The number of carbonyl (C=O) groups is 1. The van der Waals surface area contributed by atoms with Crippen LogP contribution in [0.5, 0.6) is 11.5 Å². The fraction of sp³-hybridized carbons (Fsp3) is 0.536. The van der Waals surface area contributed by atoms with Gasteiger partial charge in [0.15, 0.2) is 17.1 Å². The van der Waals surface area contributed by atoms with Crippen molar-refractivity contribution < 1.29 is 14.3 Å². The molecule has 0 bridgehead atoms. The zero-order valence-electron chi connectivity index (χ0n) is 22.3. The first-order valence-electron chi connectivity index (χ1n) is 13.2. The number of likely N-dealkylation sites (tertiary alicyclic amines) is 1. The van der Waals surface area contributed by atoms with Gasteiger partial charge < -0.3 is 19.7 Å². The minimum absolute atomic E-state index is 0.108. The van der Waals surface area contributed by atoms with Crippen LogP contribution in [0.15, 0.2) is 24.4 Å². The van der Waals surface area contributed by atoms with Crippen molar-refractivity contribution in [2.45, 2.75) is 66.3 Å². The van der Waals surface area contributed by atoms with Gasteiger partial charge in [0, 0.05) is 30.9 Å². The van der Waals surface area contributed by atoms with Crippen LogP contribution in [-0.4, -0.2) is 64.3 Å². The summed E-state index contributed by atoms with van der Waals surface area (Å²) in [5.41, 5.74) is 4.74. The SMILES string of the molecule is CCOc1ccc(-c2c(C)nn3c(C)c(C(=O)NCCCN4CCCC[C@@H]4C)cnc23)cc1OCC. The standard InChI is InChI=1S/C28H39N5O3/c1-6-35-24-13-12-22(17-25(24)36-7-2)26-20(4)31-33-21(5)23(18-30-27(26)33)28(34)29-14-10-16-32-15-9-8-11-19(32)3/h12-13,17-19H,6-11,14-16H2,1-5H3,(H,29,34)/t19-/m0/s1. The van der Waals surface area contributed by atoms with Gasteiger partial charge in [-0.15, -0.1) is 0 Å². The summed E-state index contributed by atoms with van der Waals surface area (Å²) in [6.45, 7) is 14.0. The predicted octanol–water partition coefficient (Wildman–Crippen LogP) is 4.80. The summed E-state index contributed by atoms with van der Waals surface area (Å²) in [6.07, 6.45) is 6.47. The Bertz CT molecular complexity index is 1210. The highest BCUT2D eigenvalue weighted by molar-refractivity contribution is 5.95. The topological polar surface area (TPSA) is 81.0 Å². The molecule has 1 aliphatic heterocycles. The van der Waals surface area contributed by atoms with Gasteiger partial charge in [0.05, 0.1) is 30.2 Å². The molecule has 1 aromatic carbocycles. The molecule has 8 nitrogen and oxygen atoms in total. The predicted molar refractivity (Wildman–Crippen MR) is 142 cm³/mol. The summed E-state index contributed by atoms with van der Waals surface area (Å²) in [5, 5.41) is 7.80. The fourth-order valence-corrected chi connectivity index (χ4v) is 5.04. The van der Waals surface area contributed by atoms with E-state index in [1.807, 2.05) is 45.9 Å². The Labute approximate surface area is 214 Å². The summed E-state index contributed by atoms with van der Waals surface area (Å²) in [7, 11) is 0. The number of piperidine rings is 1. The normalized spacial score (nSPS) is 16.3. The smallest absolute Gasteiger partial charge is 0.254 e. The first-order chi connectivity index (χ1) is 17.4. The number of ether oxygens (including phenoxy) is 2. The van der Waals surface area contributed by atoms with Gasteiger partial charge >= 0.3 is 0 Å². The molecule has 0 aliphatic carbocycles. The average molecular weight is 494 g/mol. The molecule has 8 heteroatoms. The maximum absolute atomic E-state index is 13.0. The fourth-order valence-electron chi connectivity index (χ4n) is 5.04. The highest BCUT2D eigenvalue weighted by atomic mass is 16.5. The van der Waals surface area contributed by atoms with Crippen LogP contribution in [0, 0.1) is 13.8 Å². The Kier molecular flexibility index (Phi) is 8.46. The van der Waals surface area contributed by atoms with Crippen LogP contribution < -0.4 is 14.8 Å². The lowest BCUT2D eigenvalue weighted by atomic mass is 10.0. The van der Waals surface area contributed by atoms with Crippen molar-refractivity contribution in [1.29, 1.82) is 0 Å². The summed E-state index contributed by atoms with van der Waals surface area (Å²) in [6, 6.07) is 6.53. The number of fused-ring (bicyclic) bond motifs is 1. The average Bonchev–Trinajstić information content (AvgIpc) is 3.21. The molecule has 0 radical (unpaired) electrons. The number of nitrogens with one attached hydrogen (secondary N) is 1. The first kappa shape index (κ1) is 25.9. The molecule has 0 unspecified atom stereocenters. The number of benzene rings is 1. The zero-order valence-corrected chi connectivity index (χ0v) is 22.3. The molecule has 2 aromatic heterocycles. The van der Waals surface area contributed by atoms with Gasteiger partial charge in [-0.25, -0.2) is 9.50 Å². The minimum atomic E-state index is -0.108. The van der Waals surface area contributed by atoms with Crippen molar-refractivity contribution in [3.63, 3.8) is 0 Å². The van der Waals surface area contributed by atoms with Crippen molar-refractivity contribution >= 4 is 11.6 Å². The zero-order chi connectivity index (χ0) is 25.7. The highest BCUT2D eigenvalue weighted by Crippen LogP contribution is 2.36. The molecule has 0 spiro atoms. The van der Waals surface area contributed by atoms with E-state index in [0.29, 0.717) is 42.8 Å². The third-order valence-corrected chi connectivity index (χ3v) is 6.98. The van der Waals surface area contributed by atoms with Gasteiger partial charge in [0.1, 0.15) is 0 Å². The van der Waals surface area contributed by atoms with Gasteiger partial charge in [0.2, 0.25) is 0 Å². The second-order valence-corrected chi connectivity index (χ2v) is 9.47. The van der Waals surface area contributed by atoms with Crippen LogP contribution in [0.1, 0.15) is 68.2 Å². The molecule has 3 aromatic rings.